The average molecular weight is 480 g/mol. The first-order valence-electron chi connectivity index (χ1n) is 11.8. The predicted molar refractivity (Wildman–Crippen MR) is 132 cm³/mol. The van der Waals surface area contributed by atoms with Crippen LogP contribution in [0.3, 0.4) is 0 Å². The molecule has 3 aromatic rings. The van der Waals surface area contributed by atoms with E-state index < -0.39 is 0 Å². The van der Waals surface area contributed by atoms with E-state index in [-0.39, 0.29) is 30.5 Å². The first-order valence-corrected chi connectivity index (χ1v) is 12.6. The van der Waals surface area contributed by atoms with Crippen molar-refractivity contribution < 1.29 is 14.3 Å². The number of fused-ring (bicyclic) bond motifs is 3. The molecule has 9 heteroatoms. The first kappa shape index (κ1) is 22.6. The first-order chi connectivity index (χ1) is 16.4. The Labute approximate surface area is 202 Å². The number of hydrogen-bond donors (Lipinski definition) is 1. The fourth-order valence-corrected chi connectivity index (χ4v) is 6.35. The highest BCUT2D eigenvalue weighted by Crippen LogP contribution is 2.36. The van der Waals surface area contributed by atoms with Gasteiger partial charge in [-0.1, -0.05) is 0 Å². The standard InChI is InChI=1S/C25H29N5O3S/c1-15-4-3-5-16(2)30(15)21(31)13-33-18-8-6-17(7-9-18)25(32)29-11-10-19-20(12-29)34-24-22(19)23(26)27-14-28-24/h6-9,14-16H,3-5,10-13H2,1-2H3,(H2,26,27,28). The molecule has 34 heavy (non-hydrogen) atoms. The molecule has 1 fully saturated rings. The molecule has 4 heterocycles. The van der Waals surface area contributed by atoms with E-state index in [1.54, 1.807) is 35.6 Å². The van der Waals surface area contributed by atoms with E-state index in [0.717, 1.165) is 46.3 Å². The molecule has 2 aliphatic rings. The fraction of sp³-hybridized carbons (Fsp3) is 0.440. The number of carbonyl (C=O) groups excluding carboxylic acids is 2. The van der Waals surface area contributed by atoms with Crippen LogP contribution in [0.15, 0.2) is 30.6 Å². The van der Waals surface area contributed by atoms with Crippen molar-refractivity contribution in [2.45, 2.75) is 58.2 Å². The van der Waals surface area contributed by atoms with Gasteiger partial charge in [0, 0.05) is 29.1 Å². The van der Waals surface area contributed by atoms with Gasteiger partial charge >= 0.3 is 0 Å². The van der Waals surface area contributed by atoms with Crippen LogP contribution in [-0.2, 0) is 17.8 Å². The van der Waals surface area contributed by atoms with Crippen molar-refractivity contribution in [2.24, 2.45) is 0 Å². The fourth-order valence-electron chi connectivity index (χ4n) is 5.13. The second-order valence-corrected chi connectivity index (χ2v) is 10.2. The number of piperidine rings is 1. The molecule has 178 valence electrons. The minimum atomic E-state index is -0.0271. The molecule has 0 saturated carbocycles. The Balaban J connectivity index is 1.22. The molecule has 1 saturated heterocycles. The Morgan fingerprint density at radius 1 is 1.15 bits per heavy atom. The maximum absolute atomic E-state index is 13.1. The van der Waals surface area contributed by atoms with Crippen LogP contribution in [0.1, 0.15) is 53.9 Å². The van der Waals surface area contributed by atoms with E-state index in [4.69, 9.17) is 10.5 Å². The number of amides is 2. The molecule has 2 unspecified atom stereocenters. The van der Waals surface area contributed by atoms with Gasteiger partial charge in [-0.2, -0.15) is 0 Å². The second-order valence-electron chi connectivity index (χ2n) is 9.16. The maximum Gasteiger partial charge on any atom is 0.260 e. The minimum absolute atomic E-state index is 0.00877. The van der Waals surface area contributed by atoms with Crippen molar-refractivity contribution in [3.8, 4) is 5.75 Å². The number of nitrogens with two attached hydrogens (primary N) is 1. The number of carbonyl (C=O) groups is 2. The zero-order chi connectivity index (χ0) is 23.8. The number of thiophene rings is 1. The quantitative estimate of drug-likeness (QED) is 0.613. The van der Waals surface area contributed by atoms with Crippen LogP contribution in [0.2, 0.25) is 0 Å². The molecule has 0 bridgehead atoms. The van der Waals surface area contributed by atoms with Crippen molar-refractivity contribution in [2.75, 3.05) is 18.9 Å². The Morgan fingerprint density at radius 2 is 1.88 bits per heavy atom. The summed E-state index contributed by atoms with van der Waals surface area (Å²) in [6.07, 6.45) is 5.44. The van der Waals surface area contributed by atoms with E-state index in [1.165, 1.54) is 6.33 Å². The smallest absolute Gasteiger partial charge is 0.260 e. The van der Waals surface area contributed by atoms with Gasteiger partial charge in [-0.3, -0.25) is 9.59 Å². The van der Waals surface area contributed by atoms with Crippen molar-refractivity contribution in [3.63, 3.8) is 0 Å². The number of nitrogen functional groups attached to an aromatic ring is 1. The number of ether oxygens (including phenoxy) is 1. The molecule has 8 nitrogen and oxygen atoms in total. The minimum Gasteiger partial charge on any atom is -0.484 e. The van der Waals surface area contributed by atoms with Gasteiger partial charge in [0.15, 0.2) is 6.61 Å². The molecule has 0 radical (unpaired) electrons. The molecular weight excluding hydrogens is 450 g/mol. The van der Waals surface area contributed by atoms with Crippen molar-refractivity contribution in [1.82, 2.24) is 19.8 Å². The summed E-state index contributed by atoms with van der Waals surface area (Å²) in [5, 5.41) is 0.930. The monoisotopic (exact) mass is 479 g/mol. The van der Waals surface area contributed by atoms with Gasteiger partial charge < -0.3 is 20.3 Å². The lowest BCUT2D eigenvalue weighted by molar-refractivity contribution is -0.139. The SMILES string of the molecule is CC1CCCC(C)N1C(=O)COc1ccc(C(=O)N2CCc3c(sc4ncnc(N)c34)C2)cc1. The lowest BCUT2D eigenvalue weighted by atomic mass is 9.97. The molecule has 2 amide bonds. The Bertz CT molecular complexity index is 1220. The molecule has 0 aliphatic carbocycles. The third-order valence-electron chi connectivity index (χ3n) is 6.90. The Hall–Kier alpha value is -3.20. The summed E-state index contributed by atoms with van der Waals surface area (Å²) < 4.78 is 5.75. The van der Waals surface area contributed by atoms with Crippen LogP contribution in [0.5, 0.6) is 5.75 Å². The van der Waals surface area contributed by atoms with Gasteiger partial charge in [0.1, 0.15) is 22.7 Å². The van der Waals surface area contributed by atoms with Crippen LogP contribution in [0.25, 0.3) is 10.2 Å². The third-order valence-corrected chi connectivity index (χ3v) is 8.02. The van der Waals surface area contributed by atoms with Gasteiger partial charge in [0.2, 0.25) is 0 Å². The van der Waals surface area contributed by atoms with Crippen molar-refractivity contribution in [3.05, 3.63) is 46.6 Å². The highest BCUT2D eigenvalue weighted by atomic mass is 32.1. The van der Waals surface area contributed by atoms with E-state index in [0.29, 0.717) is 30.2 Å². The van der Waals surface area contributed by atoms with Crippen LogP contribution < -0.4 is 10.5 Å². The number of likely N-dealkylation sites (tertiary alicyclic amines) is 1. The highest BCUT2D eigenvalue weighted by molar-refractivity contribution is 7.19. The number of hydrogen-bond acceptors (Lipinski definition) is 7. The van der Waals surface area contributed by atoms with Crippen LogP contribution in [0, 0.1) is 0 Å². The predicted octanol–water partition coefficient (Wildman–Crippen LogP) is 3.64. The van der Waals surface area contributed by atoms with Crippen LogP contribution >= 0.6 is 11.3 Å². The van der Waals surface area contributed by atoms with E-state index >= 15 is 0 Å². The number of anilines is 1. The van der Waals surface area contributed by atoms with E-state index in [2.05, 4.69) is 23.8 Å². The number of rotatable bonds is 4. The van der Waals surface area contributed by atoms with Gasteiger partial charge in [0.25, 0.3) is 11.8 Å². The molecule has 2 aliphatic heterocycles. The summed E-state index contributed by atoms with van der Waals surface area (Å²) in [6.45, 7) is 5.35. The lowest BCUT2D eigenvalue weighted by Crippen LogP contribution is -2.49. The summed E-state index contributed by atoms with van der Waals surface area (Å²) in [4.78, 5) is 40.0. The van der Waals surface area contributed by atoms with Gasteiger partial charge in [0.05, 0.1) is 11.9 Å². The summed E-state index contributed by atoms with van der Waals surface area (Å²) in [5.41, 5.74) is 7.82. The molecule has 1 aromatic carbocycles. The molecule has 2 N–H and O–H groups in total. The summed E-state index contributed by atoms with van der Waals surface area (Å²) >= 11 is 1.57. The molecular formula is C25H29N5O3S. The summed E-state index contributed by atoms with van der Waals surface area (Å²) in [6, 6.07) is 7.53. The molecule has 0 spiro atoms. The van der Waals surface area contributed by atoms with E-state index in [1.807, 2.05) is 9.80 Å². The molecule has 2 atom stereocenters. The van der Waals surface area contributed by atoms with Gasteiger partial charge in [-0.25, -0.2) is 9.97 Å². The maximum atomic E-state index is 13.1. The number of nitrogens with zero attached hydrogens (tertiary/aromatic N) is 4. The van der Waals surface area contributed by atoms with Gasteiger partial charge in [-0.15, -0.1) is 11.3 Å². The lowest BCUT2D eigenvalue weighted by Gasteiger charge is -2.38. The van der Waals surface area contributed by atoms with Crippen LogP contribution in [0.4, 0.5) is 5.82 Å². The second kappa shape index (κ2) is 9.21. The third kappa shape index (κ3) is 4.20. The van der Waals surface area contributed by atoms with Crippen LogP contribution in [-0.4, -0.2) is 56.8 Å². The topological polar surface area (TPSA) is 102 Å². The zero-order valence-electron chi connectivity index (χ0n) is 19.5. The summed E-state index contributed by atoms with van der Waals surface area (Å²) in [5.74, 6) is 1.07. The molecule has 5 rings (SSSR count). The Morgan fingerprint density at radius 3 is 2.62 bits per heavy atom. The number of aromatic nitrogens is 2. The Kier molecular flexibility index (Phi) is 6.12. The van der Waals surface area contributed by atoms with Crippen molar-refractivity contribution in [1.29, 1.82) is 0 Å². The zero-order valence-corrected chi connectivity index (χ0v) is 20.3. The summed E-state index contributed by atoms with van der Waals surface area (Å²) in [7, 11) is 0. The van der Waals surface area contributed by atoms with Gasteiger partial charge in [-0.05, 0) is 69.4 Å². The normalized spacial score (nSPS) is 20.3. The highest BCUT2D eigenvalue weighted by Gasteiger charge is 2.29. The van der Waals surface area contributed by atoms with Crippen molar-refractivity contribution >= 4 is 39.2 Å². The number of benzene rings is 1. The van der Waals surface area contributed by atoms with E-state index in [9.17, 15) is 9.59 Å². The largest absolute Gasteiger partial charge is 0.484 e. The molecule has 2 aromatic heterocycles. The average Bonchev–Trinajstić information content (AvgIpc) is 3.21.